The summed E-state index contributed by atoms with van der Waals surface area (Å²) in [6.45, 7) is 7.21. The fraction of sp³-hybridized carbons (Fsp3) is 0.448. The number of allylic oxidation sites excluding steroid dienone is 1. The Bertz CT molecular complexity index is 761. The Hall–Kier alpha value is -2.12. The molecule has 3 rings (SSSR count). The summed E-state index contributed by atoms with van der Waals surface area (Å²) in [7, 11) is 0. The third kappa shape index (κ3) is 7.29. The van der Waals surface area contributed by atoms with Crippen LogP contribution in [-0.2, 0) is 17.8 Å². The van der Waals surface area contributed by atoms with Gasteiger partial charge in [-0.15, -0.1) is 6.58 Å². The highest BCUT2D eigenvalue weighted by molar-refractivity contribution is 5.49. The van der Waals surface area contributed by atoms with E-state index in [4.69, 9.17) is 4.74 Å². The van der Waals surface area contributed by atoms with E-state index in [1.54, 1.807) is 6.08 Å². The van der Waals surface area contributed by atoms with Gasteiger partial charge in [-0.1, -0.05) is 80.1 Å². The molecule has 0 spiro atoms. The Morgan fingerprint density at radius 3 is 2.30 bits per heavy atom. The largest absolute Gasteiger partial charge is 0.373 e. The number of hydrogen-bond donors (Lipinski definition) is 0. The molecular weight excluding hydrogens is 364 g/mol. The van der Waals surface area contributed by atoms with Crippen molar-refractivity contribution in [2.24, 2.45) is 5.92 Å². The average Bonchev–Trinajstić information content (AvgIpc) is 2.80. The summed E-state index contributed by atoms with van der Waals surface area (Å²) < 4.78 is 5.54. The van der Waals surface area contributed by atoms with Gasteiger partial charge < -0.3 is 4.74 Å². The van der Waals surface area contributed by atoms with Crippen LogP contribution in [0.1, 0.15) is 80.0 Å². The van der Waals surface area contributed by atoms with Crippen molar-refractivity contribution in [1.82, 2.24) is 0 Å². The molecule has 0 unspecified atom stereocenters. The van der Waals surface area contributed by atoms with E-state index in [0.29, 0.717) is 13.2 Å². The molecular formula is C29H38O. The normalized spacial score (nSPS) is 19.2. The van der Waals surface area contributed by atoms with Gasteiger partial charge in [-0.25, -0.2) is 0 Å². The Kier molecular flexibility index (Phi) is 9.44. The minimum atomic E-state index is 0.617. The number of ether oxygens (including phenoxy) is 1. The van der Waals surface area contributed by atoms with Gasteiger partial charge in [0.25, 0.3) is 0 Å². The highest BCUT2D eigenvalue weighted by Crippen LogP contribution is 2.37. The summed E-state index contributed by atoms with van der Waals surface area (Å²) in [6.07, 6.45) is 16.6. The van der Waals surface area contributed by atoms with Gasteiger partial charge in [0.2, 0.25) is 0 Å². The fourth-order valence-electron chi connectivity index (χ4n) is 4.48. The van der Waals surface area contributed by atoms with E-state index in [-0.39, 0.29) is 0 Å². The van der Waals surface area contributed by atoms with E-state index in [2.05, 4.69) is 74.2 Å². The van der Waals surface area contributed by atoms with Gasteiger partial charge in [-0.3, -0.25) is 0 Å². The lowest BCUT2D eigenvalue weighted by Crippen LogP contribution is -2.14. The SMILES string of the molecule is C=CCOCc1ccc(C2CCC(CCc3ccc(C=CCCC)cc3)CC2)cc1. The topological polar surface area (TPSA) is 9.23 Å². The molecule has 1 nitrogen and oxygen atoms in total. The molecule has 0 atom stereocenters. The van der Waals surface area contributed by atoms with Crippen LogP contribution in [0.3, 0.4) is 0 Å². The molecule has 160 valence electrons. The molecule has 0 bridgehead atoms. The van der Waals surface area contributed by atoms with Gasteiger partial charge in [0, 0.05) is 0 Å². The van der Waals surface area contributed by atoms with E-state index in [0.717, 1.165) is 11.8 Å². The maximum atomic E-state index is 5.54. The average molecular weight is 403 g/mol. The fourth-order valence-corrected chi connectivity index (χ4v) is 4.48. The molecule has 1 heteroatoms. The quantitative estimate of drug-likeness (QED) is 0.272. The highest BCUT2D eigenvalue weighted by atomic mass is 16.5. The Labute approximate surface area is 183 Å². The number of aryl methyl sites for hydroxylation is 1. The molecule has 0 amide bonds. The Balaban J connectivity index is 1.39. The summed E-state index contributed by atoms with van der Waals surface area (Å²) in [4.78, 5) is 0. The number of unbranched alkanes of at least 4 members (excludes halogenated alkanes) is 1. The maximum absolute atomic E-state index is 5.54. The standard InChI is InChI=1S/C29H38O/c1-3-5-6-7-24-8-10-25(11-9-24)12-13-26-14-18-28(19-15-26)29-20-16-27(17-21-29)23-30-22-4-2/h4,6-11,16-17,20-21,26,28H,2-3,5,12-15,18-19,22-23H2,1H3. The second-order valence-corrected chi connectivity index (χ2v) is 8.73. The van der Waals surface area contributed by atoms with E-state index < -0.39 is 0 Å². The van der Waals surface area contributed by atoms with Crippen LogP contribution in [0.4, 0.5) is 0 Å². The van der Waals surface area contributed by atoms with Gasteiger partial charge in [-0.05, 0) is 79.0 Å². The van der Waals surface area contributed by atoms with Crippen molar-refractivity contribution in [2.45, 2.75) is 70.8 Å². The van der Waals surface area contributed by atoms with Crippen LogP contribution in [0.25, 0.3) is 6.08 Å². The molecule has 0 N–H and O–H groups in total. The van der Waals surface area contributed by atoms with Crippen LogP contribution < -0.4 is 0 Å². The van der Waals surface area contributed by atoms with Crippen molar-refractivity contribution < 1.29 is 4.74 Å². The Morgan fingerprint density at radius 2 is 1.63 bits per heavy atom. The molecule has 2 aromatic carbocycles. The third-order valence-electron chi connectivity index (χ3n) is 6.39. The lowest BCUT2D eigenvalue weighted by Gasteiger charge is -2.29. The zero-order chi connectivity index (χ0) is 21.0. The second kappa shape index (κ2) is 12.5. The Morgan fingerprint density at radius 1 is 0.933 bits per heavy atom. The van der Waals surface area contributed by atoms with Crippen molar-refractivity contribution >= 4 is 6.08 Å². The monoisotopic (exact) mass is 402 g/mol. The first kappa shape index (κ1) is 22.6. The second-order valence-electron chi connectivity index (χ2n) is 8.73. The zero-order valence-corrected chi connectivity index (χ0v) is 18.7. The first-order chi connectivity index (χ1) is 14.8. The minimum Gasteiger partial charge on any atom is -0.373 e. The summed E-state index contributed by atoms with van der Waals surface area (Å²) in [5.41, 5.74) is 5.57. The van der Waals surface area contributed by atoms with E-state index >= 15 is 0 Å². The molecule has 1 saturated carbocycles. The molecule has 0 saturated heterocycles. The molecule has 0 heterocycles. The first-order valence-corrected chi connectivity index (χ1v) is 11.8. The van der Waals surface area contributed by atoms with Gasteiger partial charge in [-0.2, -0.15) is 0 Å². The highest BCUT2D eigenvalue weighted by Gasteiger charge is 2.22. The maximum Gasteiger partial charge on any atom is 0.0721 e. The third-order valence-corrected chi connectivity index (χ3v) is 6.39. The molecule has 30 heavy (non-hydrogen) atoms. The van der Waals surface area contributed by atoms with E-state index in [9.17, 15) is 0 Å². The van der Waals surface area contributed by atoms with E-state index in [1.807, 2.05) is 0 Å². The summed E-state index contributed by atoms with van der Waals surface area (Å²) in [5, 5.41) is 0. The molecule has 1 aliphatic rings. The van der Waals surface area contributed by atoms with Crippen LogP contribution in [0.2, 0.25) is 0 Å². The van der Waals surface area contributed by atoms with Crippen LogP contribution in [0, 0.1) is 5.92 Å². The lowest BCUT2D eigenvalue weighted by atomic mass is 9.77. The number of hydrogen-bond acceptors (Lipinski definition) is 1. The van der Waals surface area contributed by atoms with Crippen LogP contribution in [0.15, 0.2) is 67.3 Å². The number of rotatable bonds is 11. The van der Waals surface area contributed by atoms with Crippen molar-refractivity contribution in [3.05, 3.63) is 89.5 Å². The summed E-state index contributed by atoms with van der Waals surface area (Å²) in [6, 6.07) is 18.3. The van der Waals surface area contributed by atoms with Gasteiger partial charge in [0.15, 0.2) is 0 Å². The summed E-state index contributed by atoms with van der Waals surface area (Å²) in [5.74, 6) is 1.62. The lowest BCUT2D eigenvalue weighted by molar-refractivity contribution is 0.149. The molecule has 2 aromatic rings. The predicted octanol–water partition coefficient (Wildman–Crippen LogP) is 8.11. The molecule has 0 aliphatic heterocycles. The van der Waals surface area contributed by atoms with Gasteiger partial charge in [0.1, 0.15) is 0 Å². The van der Waals surface area contributed by atoms with Crippen molar-refractivity contribution in [1.29, 1.82) is 0 Å². The summed E-state index contributed by atoms with van der Waals surface area (Å²) >= 11 is 0. The number of benzene rings is 2. The van der Waals surface area contributed by atoms with Crippen molar-refractivity contribution in [3.8, 4) is 0 Å². The van der Waals surface area contributed by atoms with E-state index in [1.165, 1.54) is 73.6 Å². The predicted molar refractivity (Wildman–Crippen MR) is 130 cm³/mol. The molecule has 1 aliphatic carbocycles. The van der Waals surface area contributed by atoms with Crippen LogP contribution in [0.5, 0.6) is 0 Å². The smallest absolute Gasteiger partial charge is 0.0721 e. The van der Waals surface area contributed by atoms with Crippen LogP contribution in [-0.4, -0.2) is 6.61 Å². The molecule has 0 radical (unpaired) electrons. The van der Waals surface area contributed by atoms with Crippen LogP contribution >= 0.6 is 0 Å². The van der Waals surface area contributed by atoms with Crippen molar-refractivity contribution in [2.75, 3.05) is 6.61 Å². The first-order valence-electron chi connectivity index (χ1n) is 11.8. The minimum absolute atomic E-state index is 0.617. The van der Waals surface area contributed by atoms with Crippen molar-refractivity contribution in [3.63, 3.8) is 0 Å². The molecule has 1 fully saturated rings. The molecule has 0 aromatic heterocycles. The zero-order valence-electron chi connectivity index (χ0n) is 18.7. The van der Waals surface area contributed by atoms with Gasteiger partial charge in [0.05, 0.1) is 13.2 Å². The van der Waals surface area contributed by atoms with Gasteiger partial charge >= 0.3 is 0 Å².